The summed E-state index contributed by atoms with van der Waals surface area (Å²) in [6.07, 6.45) is -4.60. The van der Waals surface area contributed by atoms with Crippen LogP contribution in [-0.4, -0.2) is 23.7 Å². The minimum atomic E-state index is -4.81. The molecular weight excluding hydrogens is 227 g/mol. The van der Waals surface area contributed by atoms with Gasteiger partial charge in [-0.05, 0) is 6.07 Å². The van der Waals surface area contributed by atoms with Gasteiger partial charge in [-0.25, -0.2) is 0 Å². The second kappa shape index (κ2) is 3.66. The summed E-state index contributed by atoms with van der Waals surface area (Å²) in [6, 6.07) is 2.20. The smallest absolute Gasteiger partial charge is 0.477 e. The van der Waals surface area contributed by atoms with Gasteiger partial charge >= 0.3 is 6.36 Å². The fourth-order valence-electron chi connectivity index (χ4n) is 1.30. The number of rotatable bonds is 1. The molecule has 2 rings (SSSR count). The molecule has 0 saturated heterocycles. The number of ketones is 1. The standard InChI is InChI=1S/C9H6F3NO3/c10-9(11,12)16-7-2-1-5-6(14)3-4-15-8(5)13-7/h1-2H,3-4H2. The highest BCUT2D eigenvalue weighted by Gasteiger charge is 2.32. The summed E-state index contributed by atoms with van der Waals surface area (Å²) in [5, 5.41) is 0. The average molecular weight is 233 g/mol. The maximum absolute atomic E-state index is 11.9. The van der Waals surface area contributed by atoms with E-state index in [9.17, 15) is 18.0 Å². The van der Waals surface area contributed by atoms with E-state index in [1.807, 2.05) is 0 Å². The van der Waals surface area contributed by atoms with E-state index >= 15 is 0 Å². The molecule has 1 aromatic rings. The van der Waals surface area contributed by atoms with Gasteiger partial charge in [-0.15, -0.1) is 13.2 Å². The number of ether oxygens (including phenoxy) is 2. The van der Waals surface area contributed by atoms with Crippen LogP contribution >= 0.6 is 0 Å². The van der Waals surface area contributed by atoms with E-state index < -0.39 is 12.2 Å². The molecule has 0 aromatic carbocycles. The fourth-order valence-corrected chi connectivity index (χ4v) is 1.30. The van der Waals surface area contributed by atoms with Gasteiger partial charge in [0.25, 0.3) is 0 Å². The minimum absolute atomic E-state index is 0.113. The SMILES string of the molecule is O=C1CCOc2nc(OC(F)(F)F)ccc21. The van der Waals surface area contributed by atoms with Crippen molar-refractivity contribution >= 4 is 5.78 Å². The lowest BCUT2D eigenvalue weighted by molar-refractivity contribution is -0.276. The lowest BCUT2D eigenvalue weighted by Crippen LogP contribution is -2.20. The Morgan fingerprint density at radius 1 is 1.38 bits per heavy atom. The highest BCUT2D eigenvalue weighted by atomic mass is 19.4. The summed E-state index contributed by atoms with van der Waals surface area (Å²) in [5.74, 6) is -0.953. The molecule has 0 bridgehead atoms. The number of pyridine rings is 1. The van der Waals surface area contributed by atoms with E-state index in [0.717, 1.165) is 6.07 Å². The Kier molecular flexibility index (Phi) is 2.45. The Morgan fingerprint density at radius 2 is 2.12 bits per heavy atom. The van der Waals surface area contributed by atoms with Crippen LogP contribution < -0.4 is 9.47 Å². The van der Waals surface area contributed by atoms with Crippen LogP contribution in [-0.2, 0) is 0 Å². The Morgan fingerprint density at radius 3 is 2.81 bits per heavy atom. The van der Waals surface area contributed by atoms with Gasteiger partial charge in [-0.1, -0.05) is 0 Å². The Balaban J connectivity index is 2.29. The Bertz CT molecular complexity index is 430. The minimum Gasteiger partial charge on any atom is -0.477 e. The molecule has 0 aliphatic carbocycles. The van der Waals surface area contributed by atoms with E-state index in [2.05, 4.69) is 9.72 Å². The van der Waals surface area contributed by atoms with Crippen molar-refractivity contribution in [2.45, 2.75) is 12.8 Å². The monoisotopic (exact) mass is 233 g/mol. The van der Waals surface area contributed by atoms with E-state index in [0.29, 0.717) is 0 Å². The predicted molar refractivity (Wildman–Crippen MR) is 45.4 cm³/mol. The largest absolute Gasteiger partial charge is 0.574 e. The zero-order chi connectivity index (χ0) is 11.8. The molecule has 86 valence electrons. The molecule has 0 radical (unpaired) electrons. The number of aromatic nitrogens is 1. The number of hydrogen-bond donors (Lipinski definition) is 0. The molecule has 1 aromatic heterocycles. The van der Waals surface area contributed by atoms with E-state index in [1.54, 1.807) is 0 Å². The summed E-state index contributed by atoms with van der Waals surface area (Å²) >= 11 is 0. The summed E-state index contributed by atoms with van der Waals surface area (Å²) in [6.45, 7) is 0.119. The van der Waals surface area contributed by atoms with Crippen LogP contribution in [0.25, 0.3) is 0 Å². The van der Waals surface area contributed by atoms with Crippen molar-refractivity contribution in [2.24, 2.45) is 0 Å². The number of nitrogens with zero attached hydrogens (tertiary/aromatic N) is 1. The average Bonchev–Trinajstić information content (AvgIpc) is 2.15. The summed E-state index contributed by atoms with van der Waals surface area (Å²) in [5.41, 5.74) is 0.181. The van der Waals surface area contributed by atoms with Crippen molar-refractivity contribution in [2.75, 3.05) is 6.61 Å². The lowest BCUT2D eigenvalue weighted by atomic mass is 10.1. The molecule has 0 spiro atoms. The summed E-state index contributed by atoms with van der Waals surface area (Å²) in [4.78, 5) is 14.8. The van der Waals surface area contributed by atoms with Crippen molar-refractivity contribution in [3.05, 3.63) is 17.7 Å². The topological polar surface area (TPSA) is 48.4 Å². The van der Waals surface area contributed by atoms with Gasteiger partial charge in [0.1, 0.15) is 0 Å². The highest BCUT2D eigenvalue weighted by Crippen LogP contribution is 2.27. The van der Waals surface area contributed by atoms with E-state index in [4.69, 9.17) is 4.74 Å². The first-order chi connectivity index (χ1) is 7.46. The third-order valence-corrected chi connectivity index (χ3v) is 1.92. The maximum atomic E-state index is 11.9. The van der Waals surface area contributed by atoms with Crippen LogP contribution in [0, 0.1) is 0 Å². The zero-order valence-corrected chi connectivity index (χ0v) is 7.87. The maximum Gasteiger partial charge on any atom is 0.574 e. The number of alkyl halides is 3. The van der Waals surface area contributed by atoms with Crippen LogP contribution in [0.1, 0.15) is 16.8 Å². The molecule has 0 atom stereocenters. The molecule has 1 aliphatic heterocycles. The van der Waals surface area contributed by atoms with E-state index in [1.165, 1.54) is 6.07 Å². The molecule has 0 fully saturated rings. The van der Waals surface area contributed by atoms with E-state index in [-0.39, 0.29) is 30.3 Å². The second-order valence-electron chi connectivity index (χ2n) is 3.07. The van der Waals surface area contributed by atoms with Crippen molar-refractivity contribution in [1.82, 2.24) is 4.98 Å². The van der Waals surface area contributed by atoms with Gasteiger partial charge in [0.15, 0.2) is 5.78 Å². The quantitative estimate of drug-likeness (QED) is 0.743. The van der Waals surface area contributed by atoms with Crippen LogP contribution in [0.4, 0.5) is 13.2 Å². The molecule has 0 N–H and O–H groups in total. The van der Waals surface area contributed by atoms with Gasteiger partial charge in [0.05, 0.1) is 12.2 Å². The molecule has 16 heavy (non-hydrogen) atoms. The number of carbonyl (C=O) groups is 1. The summed E-state index contributed by atoms with van der Waals surface area (Å²) in [7, 11) is 0. The molecule has 0 unspecified atom stereocenters. The summed E-state index contributed by atoms with van der Waals surface area (Å²) < 4.78 is 44.2. The molecular formula is C9H6F3NO3. The van der Waals surface area contributed by atoms with Crippen LogP contribution in [0.15, 0.2) is 12.1 Å². The number of fused-ring (bicyclic) bond motifs is 1. The Labute approximate surface area is 88.0 Å². The molecule has 1 aliphatic rings. The van der Waals surface area contributed by atoms with Crippen LogP contribution in [0.5, 0.6) is 11.8 Å². The van der Waals surface area contributed by atoms with Crippen LogP contribution in [0.2, 0.25) is 0 Å². The molecule has 7 heteroatoms. The number of carbonyl (C=O) groups excluding carboxylic acids is 1. The normalized spacial score (nSPS) is 15.3. The first-order valence-corrected chi connectivity index (χ1v) is 4.38. The fraction of sp³-hybridized carbons (Fsp3) is 0.333. The highest BCUT2D eigenvalue weighted by molar-refractivity contribution is 5.99. The number of hydrogen-bond acceptors (Lipinski definition) is 4. The van der Waals surface area contributed by atoms with Gasteiger partial charge in [0.2, 0.25) is 11.8 Å². The van der Waals surface area contributed by atoms with Crippen molar-refractivity contribution in [3.8, 4) is 11.8 Å². The van der Waals surface area contributed by atoms with Crippen LogP contribution in [0.3, 0.4) is 0 Å². The first kappa shape index (κ1) is 10.7. The molecule has 0 saturated carbocycles. The molecule has 2 heterocycles. The number of halogens is 3. The molecule has 4 nitrogen and oxygen atoms in total. The van der Waals surface area contributed by atoms with Crippen molar-refractivity contribution < 1.29 is 27.4 Å². The first-order valence-electron chi connectivity index (χ1n) is 4.38. The number of Topliss-reactive ketones (excluding diaryl/α,β-unsaturated/α-hetero) is 1. The van der Waals surface area contributed by atoms with Gasteiger partial charge in [0, 0.05) is 12.5 Å². The lowest BCUT2D eigenvalue weighted by Gasteiger charge is -2.16. The Hall–Kier alpha value is -1.79. The van der Waals surface area contributed by atoms with Crippen molar-refractivity contribution in [1.29, 1.82) is 0 Å². The van der Waals surface area contributed by atoms with Gasteiger partial charge in [-0.3, -0.25) is 4.79 Å². The van der Waals surface area contributed by atoms with Gasteiger partial charge in [-0.2, -0.15) is 4.98 Å². The third kappa shape index (κ3) is 2.23. The second-order valence-corrected chi connectivity index (χ2v) is 3.07. The predicted octanol–water partition coefficient (Wildman–Crippen LogP) is 1.95. The van der Waals surface area contributed by atoms with Gasteiger partial charge < -0.3 is 9.47 Å². The zero-order valence-electron chi connectivity index (χ0n) is 7.87. The van der Waals surface area contributed by atoms with Crippen molar-refractivity contribution in [3.63, 3.8) is 0 Å². The molecule has 0 amide bonds. The third-order valence-electron chi connectivity index (χ3n) is 1.92.